The van der Waals surface area contributed by atoms with Crippen LogP contribution in [0.5, 0.6) is 0 Å². The standard InChI is InChI=1S/C7H18N2O/c1-6(10)7(9-3)4-5-8-2/h6-10H,4-5H2,1-3H3/t6-,7-/m1/s1. The number of nitrogens with one attached hydrogen (secondary N) is 2. The molecule has 0 amide bonds. The highest BCUT2D eigenvalue weighted by molar-refractivity contribution is 4.70. The summed E-state index contributed by atoms with van der Waals surface area (Å²) in [7, 11) is 3.78. The zero-order valence-corrected chi connectivity index (χ0v) is 7.02. The van der Waals surface area contributed by atoms with E-state index < -0.39 is 0 Å². The Bertz CT molecular complexity index is 76.0. The summed E-state index contributed by atoms with van der Waals surface area (Å²) in [4.78, 5) is 0. The van der Waals surface area contributed by atoms with Crippen LogP contribution in [0.2, 0.25) is 0 Å². The molecule has 0 aliphatic rings. The van der Waals surface area contributed by atoms with Gasteiger partial charge in [-0.1, -0.05) is 0 Å². The number of likely N-dealkylation sites (N-methyl/N-ethyl adjacent to an activating group) is 1. The minimum atomic E-state index is -0.265. The van der Waals surface area contributed by atoms with Crippen molar-refractivity contribution < 1.29 is 5.11 Å². The van der Waals surface area contributed by atoms with E-state index in [1.807, 2.05) is 14.1 Å². The summed E-state index contributed by atoms with van der Waals surface area (Å²) in [6.07, 6.45) is 0.698. The molecule has 0 aromatic rings. The number of hydrogen-bond donors (Lipinski definition) is 3. The third-order valence-corrected chi connectivity index (χ3v) is 1.66. The molecule has 0 saturated carbocycles. The lowest BCUT2D eigenvalue weighted by Gasteiger charge is -2.18. The average molecular weight is 146 g/mol. The lowest BCUT2D eigenvalue weighted by Crippen LogP contribution is -2.37. The maximum absolute atomic E-state index is 9.15. The minimum absolute atomic E-state index is 0.215. The SMILES string of the molecule is CNCC[C@@H](NC)[C@@H](C)O. The van der Waals surface area contributed by atoms with Crippen LogP contribution in [-0.2, 0) is 0 Å². The highest BCUT2D eigenvalue weighted by Crippen LogP contribution is 1.95. The summed E-state index contributed by atoms with van der Waals surface area (Å²) in [6.45, 7) is 2.74. The zero-order chi connectivity index (χ0) is 7.98. The lowest BCUT2D eigenvalue weighted by atomic mass is 10.1. The van der Waals surface area contributed by atoms with Gasteiger partial charge in [-0.3, -0.25) is 0 Å². The molecule has 3 N–H and O–H groups in total. The lowest BCUT2D eigenvalue weighted by molar-refractivity contribution is 0.144. The second-order valence-electron chi connectivity index (χ2n) is 2.53. The molecule has 0 unspecified atom stereocenters. The Hall–Kier alpha value is -0.120. The van der Waals surface area contributed by atoms with Crippen molar-refractivity contribution in [3.05, 3.63) is 0 Å². The van der Waals surface area contributed by atoms with Crippen molar-refractivity contribution in [3.63, 3.8) is 0 Å². The maximum atomic E-state index is 9.15. The highest BCUT2D eigenvalue weighted by atomic mass is 16.3. The Balaban J connectivity index is 3.40. The smallest absolute Gasteiger partial charge is 0.0665 e. The fourth-order valence-corrected chi connectivity index (χ4v) is 0.927. The third kappa shape index (κ3) is 3.82. The number of aliphatic hydroxyl groups is 1. The van der Waals surface area contributed by atoms with Crippen LogP contribution in [0, 0.1) is 0 Å². The van der Waals surface area contributed by atoms with E-state index >= 15 is 0 Å². The summed E-state index contributed by atoms with van der Waals surface area (Å²) in [5.41, 5.74) is 0. The van der Waals surface area contributed by atoms with Gasteiger partial charge in [-0.25, -0.2) is 0 Å². The van der Waals surface area contributed by atoms with Crippen LogP contribution in [0.25, 0.3) is 0 Å². The quantitative estimate of drug-likeness (QED) is 0.493. The molecule has 0 radical (unpaired) electrons. The number of aliphatic hydroxyl groups excluding tert-OH is 1. The molecule has 0 rings (SSSR count). The van der Waals surface area contributed by atoms with Gasteiger partial charge < -0.3 is 15.7 Å². The molecule has 0 aromatic carbocycles. The van der Waals surface area contributed by atoms with Crippen LogP contribution in [0.4, 0.5) is 0 Å². The van der Waals surface area contributed by atoms with Crippen LogP contribution >= 0.6 is 0 Å². The topological polar surface area (TPSA) is 44.3 Å². The summed E-state index contributed by atoms with van der Waals surface area (Å²) in [5, 5.41) is 15.2. The van der Waals surface area contributed by atoms with Crippen molar-refractivity contribution in [2.24, 2.45) is 0 Å². The van der Waals surface area contributed by atoms with Crippen molar-refractivity contribution in [2.75, 3.05) is 20.6 Å². The van der Waals surface area contributed by atoms with Crippen LogP contribution < -0.4 is 10.6 Å². The Morgan fingerprint density at radius 1 is 1.40 bits per heavy atom. The maximum Gasteiger partial charge on any atom is 0.0665 e. The fourth-order valence-electron chi connectivity index (χ4n) is 0.927. The predicted octanol–water partition coefficient (Wildman–Crippen LogP) is -0.435. The van der Waals surface area contributed by atoms with Gasteiger partial charge >= 0.3 is 0 Å². The molecule has 0 heterocycles. The summed E-state index contributed by atoms with van der Waals surface area (Å²) < 4.78 is 0. The first kappa shape index (κ1) is 9.88. The van der Waals surface area contributed by atoms with E-state index in [1.54, 1.807) is 6.92 Å². The van der Waals surface area contributed by atoms with Crippen molar-refractivity contribution in [3.8, 4) is 0 Å². The zero-order valence-electron chi connectivity index (χ0n) is 7.02. The van der Waals surface area contributed by atoms with E-state index in [0.717, 1.165) is 13.0 Å². The third-order valence-electron chi connectivity index (χ3n) is 1.66. The van der Waals surface area contributed by atoms with Crippen molar-refractivity contribution in [1.29, 1.82) is 0 Å². The second kappa shape index (κ2) is 5.65. The van der Waals surface area contributed by atoms with Gasteiger partial charge in [0.2, 0.25) is 0 Å². The van der Waals surface area contributed by atoms with Crippen molar-refractivity contribution in [1.82, 2.24) is 10.6 Å². The molecule has 0 saturated heterocycles. The first-order chi connectivity index (χ1) is 4.72. The Kier molecular flexibility index (Phi) is 5.58. The Morgan fingerprint density at radius 2 is 2.00 bits per heavy atom. The van der Waals surface area contributed by atoms with Crippen LogP contribution in [-0.4, -0.2) is 37.9 Å². The number of hydrogen-bond acceptors (Lipinski definition) is 3. The monoisotopic (exact) mass is 146 g/mol. The molecule has 0 aliphatic carbocycles. The molecule has 0 aromatic heterocycles. The molecule has 0 aliphatic heterocycles. The number of rotatable bonds is 5. The largest absolute Gasteiger partial charge is 0.392 e. The fraction of sp³-hybridized carbons (Fsp3) is 1.00. The van der Waals surface area contributed by atoms with E-state index in [0.29, 0.717) is 0 Å². The summed E-state index contributed by atoms with van der Waals surface area (Å²) in [5.74, 6) is 0. The van der Waals surface area contributed by atoms with Crippen LogP contribution in [0.1, 0.15) is 13.3 Å². The Labute approximate surface area is 62.8 Å². The van der Waals surface area contributed by atoms with E-state index in [-0.39, 0.29) is 12.1 Å². The van der Waals surface area contributed by atoms with Gasteiger partial charge in [0, 0.05) is 6.04 Å². The molecule has 3 heteroatoms. The first-order valence-electron chi connectivity index (χ1n) is 3.72. The minimum Gasteiger partial charge on any atom is -0.392 e. The van der Waals surface area contributed by atoms with Gasteiger partial charge in [-0.05, 0) is 34.0 Å². The first-order valence-corrected chi connectivity index (χ1v) is 3.72. The predicted molar refractivity (Wildman–Crippen MR) is 43.1 cm³/mol. The second-order valence-corrected chi connectivity index (χ2v) is 2.53. The molecular formula is C7H18N2O. The van der Waals surface area contributed by atoms with Crippen molar-refractivity contribution in [2.45, 2.75) is 25.5 Å². The van der Waals surface area contributed by atoms with Gasteiger partial charge in [0.1, 0.15) is 0 Å². The van der Waals surface area contributed by atoms with Gasteiger partial charge in [-0.15, -0.1) is 0 Å². The van der Waals surface area contributed by atoms with Gasteiger partial charge in [0.25, 0.3) is 0 Å². The summed E-state index contributed by atoms with van der Waals surface area (Å²) in [6, 6.07) is 0.215. The summed E-state index contributed by atoms with van der Waals surface area (Å²) >= 11 is 0. The van der Waals surface area contributed by atoms with Gasteiger partial charge in [-0.2, -0.15) is 0 Å². The molecule has 3 nitrogen and oxygen atoms in total. The molecule has 62 valence electrons. The van der Waals surface area contributed by atoms with Crippen LogP contribution in [0.15, 0.2) is 0 Å². The van der Waals surface area contributed by atoms with E-state index in [1.165, 1.54) is 0 Å². The molecule has 0 bridgehead atoms. The molecule has 10 heavy (non-hydrogen) atoms. The van der Waals surface area contributed by atoms with E-state index in [9.17, 15) is 0 Å². The normalized spacial score (nSPS) is 16.8. The van der Waals surface area contributed by atoms with Gasteiger partial charge in [0.15, 0.2) is 0 Å². The molecule has 2 atom stereocenters. The van der Waals surface area contributed by atoms with Crippen LogP contribution in [0.3, 0.4) is 0 Å². The van der Waals surface area contributed by atoms with E-state index in [4.69, 9.17) is 5.11 Å². The van der Waals surface area contributed by atoms with Gasteiger partial charge in [0.05, 0.1) is 6.10 Å². The Morgan fingerprint density at radius 3 is 2.30 bits per heavy atom. The molecule has 0 fully saturated rings. The highest BCUT2D eigenvalue weighted by Gasteiger charge is 2.10. The van der Waals surface area contributed by atoms with Crippen molar-refractivity contribution >= 4 is 0 Å². The van der Waals surface area contributed by atoms with E-state index in [2.05, 4.69) is 10.6 Å². The molecular weight excluding hydrogens is 128 g/mol. The average Bonchev–Trinajstić information content (AvgIpc) is 1.89. The molecule has 0 spiro atoms.